The van der Waals surface area contributed by atoms with Crippen LogP contribution in [0.1, 0.15) is 49.2 Å². The van der Waals surface area contributed by atoms with Crippen molar-refractivity contribution in [2.75, 3.05) is 33.7 Å². The number of halogens is 3. The van der Waals surface area contributed by atoms with Crippen LogP contribution >= 0.6 is 11.9 Å². The molecule has 1 amide bonds. The number of benzene rings is 3. The van der Waals surface area contributed by atoms with Crippen LogP contribution in [-0.4, -0.2) is 25.4 Å². The van der Waals surface area contributed by atoms with Crippen molar-refractivity contribution < 1.29 is 22.7 Å². The molecular weight excluding hydrogens is 589 g/mol. The first-order valence-corrected chi connectivity index (χ1v) is 14.8. The molecule has 0 fully saturated rings. The highest BCUT2D eigenvalue weighted by Crippen LogP contribution is 2.40. The first-order chi connectivity index (χ1) is 20.6. The molecule has 44 heavy (non-hydrogen) atoms. The van der Waals surface area contributed by atoms with Crippen molar-refractivity contribution in [3.05, 3.63) is 101 Å². The number of methoxy groups -OCH3 is 1. The Labute approximate surface area is 260 Å². The summed E-state index contributed by atoms with van der Waals surface area (Å²) in [6.07, 6.45) is -1.63. The van der Waals surface area contributed by atoms with Gasteiger partial charge in [-0.2, -0.15) is 13.2 Å². The second-order valence-corrected chi connectivity index (χ2v) is 11.7. The van der Waals surface area contributed by atoms with Crippen molar-refractivity contribution in [3.63, 3.8) is 0 Å². The zero-order valence-electron chi connectivity index (χ0n) is 25.8. The number of allylic oxidation sites excluding steroid dienone is 2. The number of carbonyl (C=O) groups is 1. The van der Waals surface area contributed by atoms with Crippen molar-refractivity contribution in [2.24, 2.45) is 11.6 Å². The van der Waals surface area contributed by atoms with Gasteiger partial charge >= 0.3 is 6.18 Å². The Hall–Kier alpha value is -4.29. The van der Waals surface area contributed by atoms with E-state index in [0.29, 0.717) is 28.4 Å². The number of nitrogens with one attached hydrogen (secondary N) is 3. The van der Waals surface area contributed by atoms with Gasteiger partial charge in [0.1, 0.15) is 5.70 Å². The molecular formula is C32H39F3N6O2S. The Bertz CT molecular complexity index is 1550. The molecule has 0 spiro atoms. The maximum atomic E-state index is 14.0. The maximum absolute atomic E-state index is 14.0. The Morgan fingerprint density at radius 3 is 2.20 bits per heavy atom. The Morgan fingerprint density at radius 2 is 1.64 bits per heavy atom. The van der Waals surface area contributed by atoms with Gasteiger partial charge in [-0.1, -0.05) is 57.0 Å². The van der Waals surface area contributed by atoms with E-state index in [0.717, 1.165) is 10.6 Å². The first-order valence-electron chi connectivity index (χ1n) is 13.6. The Morgan fingerprint density at radius 1 is 1.00 bits per heavy atom. The van der Waals surface area contributed by atoms with E-state index >= 15 is 0 Å². The fourth-order valence-corrected chi connectivity index (χ4v) is 4.66. The van der Waals surface area contributed by atoms with Crippen LogP contribution in [0.3, 0.4) is 0 Å². The summed E-state index contributed by atoms with van der Waals surface area (Å²) in [6, 6.07) is 16.7. The lowest BCUT2D eigenvalue weighted by Gasteiger charge is -2.24. The lowest BCUT2D eigenvalue weighted by molar-refractivity contribution is -0.0909. The predicted octanol–water partition coefficient (Wildman–Crippen LogP) is 7.67. The third-order valence-corrected chi connectivity index (χ3v) is 7.21. The fraction of sp³-hybridized carbons (Fsp3) is 0.281. The standard InChI is InChI=1S/C32H39F3N6O2S/c1-19-13-14-21(30(42)39-25-16-22(31(3,4)5)17-26(40-44-7)28(25)43-6)15-27(19)41(37)18-24(36)20(2)29(32(33,34)35)38-23-11-9-8-10-12-23/h8-18,38,40H,36-37H2,1-7H3,(H,39,42)/b24-18-,29-20+. The van der Waals surface area contributed by atoms with E-state index in [2.05, 4.69) is 36.1 Å². The first kappa shape index (κ1) is 34.2. The summed E-state index contributed by atoms with van der Waals surface area (Å²) in [5, 5.41) is 6.45. The number of aryl methyl sites for hydroxylation is 1. The summed E-state index contributed by atoms with van der Waals surface area (Å²) in [7, 11) is 1.52. The van der Waals surface area contributed by atoms with Gasteiger partial charge in [0.25, 0.3) is 5.91 Å². The van der Waals surface area contributed by atoms with Gasteiger partial charge in [0.2, 0.25) is 0 Å². The molecule has 3 aromatic carbocycles. The third kappa shape index (κ3) is 8.42. The maximum Gasteiger partial charge on any atom is 0.431 e. The molecule has 0 aromatic heterocycles. The minimum atomic E-state index is -4.71. The quantitative estimate of drug-likeness (QED) is 0.0672. The van der Waals surface area contributed by atoms with Crippen LogP contribution in [-0.2, 0) is 5.41 Å². The van der Waals surface area contributed by atoms with E-state index in [4.69, 9.17) is 16.3 Å². The van der Waals surface area contributed by atoms with Crippen molar-refractivity contribution in [2.45, 2.75) is 46.2 Å². The number of nitrogens with zero attached hydrogens (tertiary/aromatic N) is 1. The van der Waals surface area contributed by atoms with Crippen LogP contribution in [0, 0.1) is 6.92 Å². The van der Waals surface area contributed by atoms with Crippen LogP contribution in [0.4, 0.5) is 35.9 Å². The number of hydrazine groups is 1. The Balaban J connectivity index is 1.96. The number of rotatable bonds is 10. The fourth-order valence-electron chi connectivity index (χ4n) is 4.29. The van der Waals surface area contributed by atoms with Gasteiger partial charge in [-0.25, -0.2) is 5.84 Å². The molecule has 0 saturated heterocycles. The number of ether oxygens (including phenoxy) is 1. The molecule has 0 unspecified atom stereocenters. The molecule has 0 saturated carbocycles. The minimum Gasteiger partial charge on any atom is -0.492 e. The molecule has 0 aliphatic heterocycles. The number of carbonyl (C=O) groups excluding carboxylic acids is 1. The van der Waals surface area contributed by atoms with Crippen LogP contribution in [0.5, 0.6) is 5.75 Å². The van der Waals surface area contributed by atoms with E-state index in [1.54, 1.807) is 43.3 Å². The molecule has 8 nitrogen and oxygen atoms in total. The molecule has 236 valence electrons. The van der Waals surface area contributed by atoms with E-state index in [1.807, 2.05) is 18.4 Å². The summed E-state index contributed by atoms with van der Waals surface area (Å²) in [4.78, 5) is 13.5. The second-order valence-electron chi connectivity index (χ2n) is 11.1. The number of nitrogens with two attached hydrogens (primary N) is 2. The van der Waals surface area contributed by atoms with Gasteiger partial charge in [0.15, 0.2) is 5.75 Å². The van der Waals surface area contributed by atoms with Crippen molar-refractivity contribution in [1.29, 1.82) is 0 Å². The van der Waals surface area contributed by atoms with Gasteiger partial charge < -0.3 is 25.8 Å². The SMILES string of the molecule is COc1c(NSC)cc(C(C)(C)C)cc1NC(=O)c1ccc(C)c(N(N)/C=C(N)/C(C)=C(/Nc2ccccc2)C(F)(F)F)c1. The monoisotopic (exact) mass is 628 g/mol. The molecule has 3 rings (SSSR count). The average Bonchev–Trinajstić information content (AvgIpc) is 2.95. The zero-order chi connectivity index (χ0) is 32.8. The Kier molecular flexibility index (Phi) is 10.9. The van der Waals surface area contributed by atoms with E-state index < -0.39 is 17.8 Å². The summed E-state index contributed by atoms with van der Waals surface area (Å²) in [6.45, 7) is 9.22. The second kappa shape index (κ2) is 14.0. The predicted molar refractivity (Wildman–Crippen MR) is 176 cm³/mol. The molecule has 12 heteroatoms. The van der Waals surface area contributed by atoms with E-state index in [9.17, 15) is 18.0 Å². The molecule has 0 bridgehead atoms. The molecule has 0 aliphatic carbocycles. The summed E-state index contributed by atoms with van der Waals surface area (Å²) < 4.78 is 50.7. The lowest BCUT2D eigenvalue weighted by Crippen LogP contribution is -2.28. The smallest absolute Gasteiger partial charge is 0.431 e. The zero-order valence-corrected chi connectivity index (χ0v) is 26.6. The highest BCUT2D eigenvalue weighted by molar-refractivity contribution is 7.99. The number of para-hydroxylation sites is 1. The number of hydrogen-bond acceptors (Lipinski definition) is 8. The molecule has 7 N–H and O–H groups in total. The largest absolute Gasteiger partial charge is 0.492 e. The molecule has 0 radical (unpaired) electrons. The number of anilines is 4. The van der Waals surface area contributed by atoms with Crippen LogP contribution in [0.2, 0.25) is 0 Å². The summed E-state index contributed by atoms with van der Waals surface area (Å²) >= 11 is 1.40. The van der Waals surface area contributed by atoms with Gasteiger partial charge in [0, 0.05) is 29.3 Å². The van der Waals surface area contributed by atoms with Gasteiger partial charge in [-0.05, 0) is 66.8 Å². The highest BCUT2D eigenvalue weighted by Gasteiger charge is 2.36. The van der Waals surface area contributed by atoms with Gasteiger partial charge in [-0.3, -0.25) is 9.80 Å². The molecule has 0 atom stereocenters. The topological polar surface area (TPSA) is 118 Å². The third-order valence-electron chi connectivity index (χ3n) is 6.78. The molecule has 3 aromatic rings. The van der Waals surface area contributed by atoms with Crippen molar-refractivity contribution >= 4 is 40.6 Å². The minimum absolute atomic E-state index is 0.209. The number of hydrogen-bond donors (Lipinski definition) is 5. The molecule has 0 heterocycles. The average molecular weight is 629 g/mol. The summed E-state index contributed by atoms with van der Waals surface area (Å²) in [5.41, 5.74) is 8.17. The number of alkyl halides is 3. The summed E-state index contributed by atoms with van der Waals surface area (Å²) in [5.74, 6) is 6.31. The van der Waals surface area contributed by atoms with Crippen LogP contribution in [0.15, 0.2) is 83.8 Å². The number of amides is 1. The molecule has 0 aliphatic rings. The van der Waals surface area contributed by atoms with Crippen LogP contribution < -0.4 is 36.7 Å². The van der Waals surface area contributed by atoms with Crippen LogP contribution in [0.25, 0.3) is 0 Å². The highest BCUT2D eigenvalue weighted by atomic mass is 32.2. The van der Waals surface area contributed by atoms with Gasteiger partial charge in [0.05, 0.1) is 29.9 Å². The van der Waals surface area contributed by atoms with E-state index in [1.165, 1.54) is 44.3 Å². The van der Waals surface area contributed by atoms with Gasteiger partial charge in [-0.15, -0.1) is 0 Å². The normalized spacial score (nSPS) is 12.8. The van der Waals surface area contributed by atoms with Crippen molar-refractivity contribution in [1.82, 2.24) is 0 Å². The lowest BCUT2D eigenvalue weighted by atomic mass is 9.86. The van der Waals surface area contributed by atoms with Crippen molar-refractivity contribution in [3.8, 4) is 5.75 Å². The van der Waals surface area contributed by atoms with E-state index in [-0.39, 0.29) is 27.9 Å².